The quantitative estimate of drug-likeness (QED) is 0.229. The van der Waals surface area contributed by atoms with Gasteiger partial charge in [0.15, 0.2) is 0 Å². The van der Waals surface area contributed by atoms with Crippen LogP contribution in [0.3, 0.4) is 0 Å². The lowest BCUT2D eigenvalue weighted by Gasteiger charge is -2.09. The molecular formula is C24H66O21. The number of hydrogen-bond donors (Lipinski definition) is 0. The molecule has 2 heterocycles. The summed E-state index contributed by atoms with van der Waals surface area (Å²) in [6, 6.07) is 0. The van der Waals surface area contributed by atoms with Crippen molar-refractivity contribution in [3.8, 4) is 0 Å². The Labute approximate surface area is 265 Å². The molecule has 2 fully saturated rings. The second kappa shape index (κ2) is 62.1. The SMILES string of the molecule is C1COCCOCCOCCOCCOCCO1.C1COCCOCCOCCOCCOCCO1.O.O.O.O.O.O.O.O.O. The first kappa shape index (κ1) is 66.5. The maximum atomic E-state index is 5.33. The van der Waals surface area contributed by atoms with Crippen molar-refractivity contribution in [1.29, 1.82) is 0 Å². The highest BCUT2D eigenvalue weighted by Gasteiger charge is 1.97. The Bertz CT molecular complexity index is 231. The minimum atomic E-state index is 0. The first-order chi connectivity index (χ1) is 18.0. The van der Waals surface area contributed by atoms with Crippen molar-refractivity contribution in [1.82, 2.24) is 0 Å². The fraction of sp³-hybridized carbons (Fsp3) is 1.00. The topological polar surface area (TPSA) is 394 Å². The van der Waals surface area contributed by atoms with E-state index >= 15 is 0 Å². The van der Waals surface area contributed by atoms with Crippen LogP contribution in [0.1, 0.15) is 0 Å². The fourth-order valence-corrected chi connectivity index (χ4v) is 2.64. The lowest BCUT2D eigenvalue weighted by atomic mass is 10.6. The van der Waals surface area contributed by atoms with Crippen LogP contribution in [0.5, 0.6) is 0 Å². The van der Waals surface area contributed by atoms with Gasteiger partial charge in [0, 0.05) is 0 Å². The first-order valence-corrected chi connectivity index (χ1v) is 12.9. The minimum absolute atomic E-state index is 0. The van der Waals surface area contributed by atoms with Gasteiger partial charge in [-0.05, 0) is 0 Å². The van der Waals surface area contributed by atoms with Gasteiger partial charge in [-0.1, -0.05) is 0 Å². The van der Waals surface area contributed by atoms with E-state index in [0.717, 1.165) is 0 Å². The third kappa shape index (κ3) is 59.1. The average Bonchev–Trinajstić information content (AvgIpc) is 2.89. The molecule has 2 aliphatic rings. The largest absolute Gasteiger partial charge is 0.412 e. The van der Waals surface area contributed by atoms with E-state index in [1.54, 1.807) is 0 Å². The second-order valence-corrected chi connectivity index (χ2v) is 7.35. The van der Waals surface area contributed by atoms with Crippen molar-refractivity contribution in [2.45, 2.75) is 0 Å². The highest BCUT2D eigenvalue weighted by Crippen LogP contribution is 1.88. The maximum Gasteiger partial charge on any atom is 0.0701 e. The summed E-state index contributed by atoms with van der Waals surface area (Å²) < 4.78 is 63.9. The maximum absolute atomic E-state index is 5.33. The lowest BCUT2D eigenvalue weighted by molar-refractivity contribution is -0.0334. The van der Waals surface area contributed by atoms with E-state index in [2.05, 4.69) is 0 Å². The highest BCUT2D eigenvalue weighted by atomic mass is 16.6. The highest BCUT2D eigenvalue weighted by molar-refractivity contribution is 4.39. The zero-order valence-corrected chi connectivity index (χ0v) is 26.4. The van der Waals surface area contributed by atoms with Crippen LogP contribution in [0.2, 0.25) is 0 Å². The Hall–Kier alpha value is -0.840. The third-order valence-electron chi connectivity index (χ3n) is 4.46. The van der Waals surface area contributed by atoms with Crippen LogP contribution in [0.25, 0.3) is 0 Å². The molecule has 0 radical (unpaired) electrons. The standard InChI is InChI=1S/2C12H24O6.9H2O/c2*1-2-14-5-6-16-9-10-18-12-11-17-8-7-15-4-3-13-1;;;;;;;;;/h2*1-12H2;9*1H2. The summed E-state index contributed by atoms with van der Waals surface area (Å²) in [6.45, 7) is 14.1. The molecule has 45 heavy (non-hydrogen) atoms. The van der Waals surface area contributed by atoms with Gasteiger partial charge in [-0.15, -0.1) is 0 Å². The van der Waals surface area contributed by atoms with Gasteiger partial charge in [-0.2, -0.15) is 0 Å². The van der Waals surface area contributed by atoms with E-state index in [4.69, 9.17) is 56.8 Å². The van der Waals surface area contributed by atoms with E-state index < -0.39 is 0 Å². The zero-order valence-electron chi connectivity index (χ0n) is 26.4. The van der Waals surface area contributed by atoms with Crippen molar-refractivity contribution < 1.29 is 106 Å². The van der Waals surface area contributed by atoms with Crippen molar-refractivity contribution >= 4 is 0 Å². The Morgan fingerprint density at radius 2 is 0.156 bits per heavy atom. The molecule has 0 unspecified atom stereocenters. The van der Waals surface area contributed by atoms with Gasteiger partial charge in [0.1, 0.15) is 0 Å². The Kier molecular flexibility index (Phi) is 91.8. The number of rotatable bonds is 0. The molecular weight excluding hydrogens is 624 g/mol. The van der Waals surface area contributed by atoms with Gasteiger partial charge in [0.05, 0.1) is 159 Å². The molecule has 288 valence electrons. The summed E-state index contributed by atoms with van der Waals surface area (Å²) in [4.78, 5) is 0. The van der Waals surface area contributed by atoms with Crippen LogP contribution >= 0.6 is 0 Å². The lowest BCUT2D eigenvalue weighted by Crippen LogP contribution is -2.16. The van der Waals surface area contributed by atoms with Crippen molar-refractivity contribution in [3.63, 3.8) is 0 Å². The second-order valence-electron chi connectivity index (χ2n) is 7.35. The molecule has 2 aliphatic heterocycles. The third-order valence-corrected chi connectivity index (χ3v) is 4.46. The molecule has 0 saturated carbocycles. The monoisotopic (exact) mass is 690 g/mol. The van der Waals surface area contributed by atoms with Crippen LogP contribution in [0.4, 0.5) is 0 Å². The zero-order chi connectivity index (χ0) is 25.5. The molecule has 0 aromatic rings. The molecule has 18 N–H and O–H groups in total. The van der Waals surface area contributed by atoms with Gasteiger partial charge in [-0.25, -0.2) is 0 Å². The van der Waals surface area contributed by atoms with Gasteiger partial charge in [0.25, 0.3) is 0 Å². The molecule has 2 rings (SSSR count). The fourth-order valence-electron chi connectivity index (χ4n) is 2.64. The molecule has 0 spiro atoms. The normalized spacial score (nSPS) is 19.2. The van der Waals surface area contributed by atoms with E-state index in [-0.39, 0.29) is 49.3 Å². The summed E-state index contributed by atoms with van der Waals surface area (Å²) in [5, 5.41) is 0. The summed E-state index contributed by atoms with van der Waals surface area (Å²) in [6.07, 6.45) is 0. The average molecular weight is 691 g/mol. The van der Waals surface area contributed by atoms with Gasteiger partial charge < -0.3 is 106 Å². The first-order valence-electron chi connectivity index (χ1n) is 12.9. The van der Waals surface area contributed by atoms with Crippen LogP contribution in [-0.2, 0) is 56.8 Å². The molecule has 21 heteroatoms. The van der Waals surface area contributed by atoms with Gasteiger partial charge >= 0.3 is 0 Å². The number of ether oxygens (including phenoxy) is 12. The van der Waals surface area contributed by atoms with Crippen LogP contribution < -0.4 is 0 Å². The van der Waals surface area contributed by atoms with Gasteiger partial charge in [0.2, 0.25) is 0 Å². The Balaban J connectivity index is -0.0000000686. The Morgan fingerprint density at radius 3 is 0.200 bits per heavy atom. The predicted octanol–water partition coefficient (Wildman–Crippen LogP) is -7.22. The molecule has 0 aliphatic carbocycles. The molecule has 0 aromatic heterocycles. The summed E-state index contributed by atoms with van der Waals surface area (Å²) in [5.74, 6) is 0. The molecule has 0 amide bonds. The molecule has 0 atom stereocenters. The predicted molar refractivity (Wildman–Crippen MR) is 162 cm³/mol. The molecule has 2 saturated heterocycles. The Morgan fingerprint density at radius 1 is 0.111 bits per heavy atom. The van der Waals surface area contributed by atoms with Gasteiger partial charge in [-0.3, -0.25) is 0 Å². The molecule has 0 bridgehead atoms. The summed E-state index contributed by atoms with van der Waals surface area (Å²) in [5.41, 5.74) is 0. The van der Waals surface area contributed by atoms with Crippen molar-refractivity contribution in [2.75, 3.05) is 159 Å². The van der Waals surface area contributed by atoms with E-state index in [1.807, 2.05) is 0 Å². The molecule has 0 aromatic carbocycles. The molecule has 21 nitrogen and oxygen atoms in total. The smallest absolute Gasteiger partial charge is 0.0701 e. The van der Waals surface area contributed by atoms with E-state index in [9.17, 15) is 0 Å². The summed E-state index contributed by atoms with van der Waals surface area (Å²) >= 11 is 0. The summed E-state index contributed by atoms with van der Waals surface area (Å²) in [7, 11) is 0. The van der Waals surface area contributed by atoms with Crippen molar-refractivity contribution in [3.05, 3.63) is 0 Å². The minimum Gasteiger partial charge on any atom is -0.412 e. The number of hydrogen-bond acceptors (Lipinski definition) is 12. The van der Waals surface area contributed by atoms with E-state index in [0.29, 0.717) is 159 Å². The van der Waals surface area contributed by atoms with E-state index in [1.165, 1.54) is 0 Å². The van der Waals surface area contributed by atoms with Crippen LogP contribution in [-0.4, -0.2) is 208 Å². The van der Waals surface area contributed by atoms with Crippen LogP contribution in [0.15, 0.2) is 0 Å². The van der Waals surface area contributed by atoms with Crippen LogP contribution in [0, 0.1) is 0 Å². The van der Waals surface area contributed by atoms with Crippen molar-refractivity contribution in [2.24, 2.45) is 0 Å².